The van der Waals surface area contributed by atoms with Crippen molar-refractivity contribution in [2.45, 2.75) is 6.18 Å². The summed E-state index contributed by atoms with van der Waals surface area (Å²) in [5, 5.41) is 2.58. The van der Waals surface area contributed by atoms with Gasteiger partial charge in [-0.3, -0.25) is 0 Å². The first kappa shape index (κ1) is 14.9. The van der Waals surface area contributed by atoms with Gasteiger partial charge in [-0.25, -0.2) is 4.39 Å². The molecule has 0 amide bonds. The van der Waals surface area contributed by atoms with Gasteiger partial charge >= 0.3 is 6.18 Å². The predicted molar refractivity (Wildman–Crippen MR) is 78.3 cm³/mol. The fourth-order valence-corrected chi connectivity index (χ4v) is 2.11. The lowest BCUT2D eigenvalue weighted by Crippen LogP contribution is -2.06. The topological polar surface area (TPSA) is 38.0 Å². The Kier molecular flexibility index (Phi) is 4.07. The van der Waals surface area contributed by atoms with E-state index in [4.69, 9.17) is 5.73 Å². The summed E-state index contributed by atoms with van der Waals surface area (Å²) in [6.45, 7) is 0. The van der Waals surface area contributed by atoms with Crippen LogP contribution < -0.4 is 11.1 Å². The van der Waals surface area contributed by atoms with Crippen LogP contribution in [0.5, 0.6) is 0 Å². The maximum absolute atomic E-state index is 13.6. The number of hydrogen-bond donors (Lipinski definition) is 2. The molecule has 0 aliphatic rings. The SMILES string of the molecule is Nc1cc(I)ccc1Nc1cc(C(F)(F)F)ccc1F. The van der Waals surface area contributed by atoms with Crippen molar-refractivity contribution in [2.24, 2.45) is 0 Å². The molecule has 0 unspecified atom stereocenters. The molecule has 0 spiro atoms. The first-order valence-electron chi connectivity index (χ1n) is 5.46. The summed E-state index contributed by atoms with van der Waals surface area (Å²) in [7, 11) is 0. The van der Waals surface area contributed by atoms with E-state index in [9.17, 15) is 17.6 Å². The van der Waals surface area contributed by atoms with Gasteiger partial charge < -0.3 is 11.1 Å². The van der Waals surface area contributed by atoms with E-state index >= 15 is 0 Å². The van der Waals surface area contributed by atoms with Gasteiger partial charge in [0.15, 0.2) is 0 Å². The van der Waals surface area contributed by atoms with Crippen LogP contribution in [0.15, 0.2) is 36.4 Å². The van der Waals surface area contributed by atoms with Crippen LogP contribution in [-0.2, 0) is 6.18 Å². The molecule has 0 radical (unpaired) electrons. The third kappa shape index (κ3) is 3.33. The third-order valence-corrected chi connectivity index (χ3v) is 3.25. The highest BCUT2D eigenvalue weighted by Crippen LogP contribution is 2.33. The molecular weight excluding hydrogens is 387 g/mol. The predicted octanol–water partition coefficient (Wildman–Crippen LogP) is 4.77. The molecule has 2 aromatic rings. The van der Waals surface area contributed by atoms with Gasteiger partial charge in [-0.15, -0.1) is 0 Å². The normalized spacial score (nSPS) is 11.4. The molecule has 20 heavy (non-hydrogen) atoms. The maximum atomic E-state index is 13.6. The summed E-state index contributed by atoms with van der Waals surface area (Å²) in [6, 6.07) is 7.11. The van der Waals surface area contributed by atoms with Crippen LogP contribution in [0, 0.1) is 9.39 Å². The molecular formula is C13H9F4IN2. The fraction of sp³-hybridized carbons (Fsp3) is 0.0769. The summed E-state index contributed by atoms with van der Waals surface area (Å²) in [5.41, 5.74) is 5.21. The molecule has 2 rings (SSSR count). The van der Waals surface area contributed by atoms with Crippen LogP contribution in [0.1, 0.15) is 5.56 Å². The Morgan fingerprint density at radius 1 is 1.00 bits per heavy atom. The van der Waals surface area contributed by atoms with Crippen molar-refractivity contribution >= 4 is 39.7 Å². The zero-order valence-corrected chi connectivity index (χ0v) is 12.1. The van der Waals surface area contributed by atoms with Crippen molar-refractivity contribution in [1.82, 2.24) is 0 Å². The molecule has 2 aromatic carbocycles. The van der Waals surface area contributed by atoms with Gasteiger partial charge in [0.05, 0.1) is 22.6 Å². The largest absolute Gasteiger partial charge is 0.416 e. The molecule has 0 bridgehead atoms. The minimum absolute atomic E-state index is 0.271. The zero-order valence-electron chi connectivity index (χ0n) is 9.93. The molecule has 0 aromatic heterocycles. The van der Waals surface area contributed by atoms with E-state index in [1.54, 1.807) is 18.2 Å². The molecule has 0 aliphatic heterocycles. The lowest BCUT2D eigenvalue weighted by molar-refractivity contribution is -0.137. The van der Waals surface area contributed by atoms with Gasteiger partial charge in [-0.1, -0.05) is 0 Å². The quantitative estimate of drug-likeness (QED) is 0.436. The summed E-state index contributed by atoms with van der Waals surface area (Å²) in [4.78, 5) is 0. The van der Waals surface area contributed by atoms with E-state index in [0.717, 1.165) is 9.64 Å². The Morgan fingerprint density at radius 3 is 2.30 bits per heavy atom. The second-order valence-corrected chi connectivity index (χ2v) is 5.29. The monoisotopic (exact) mass is 396 g/mol. The standard InChI is InChI=1S/C13H9F4IN2/c14-9-3-1-7(13(15,16)17)5-12(9)20-11-4-2-8(18)6-10(11)19/h1-6,20H,19H2. The second-order valence-electron chi connectivity index (χ2n) is 4.05. The number of nitrogens with one attached hydrogen (secondary N) is 1. The van der Waals surface area contributed by atoms with Crippen LogP contribution in [0.4, 0.5) is 34.6 Å². The number of nitrogens with two attached hydrogens (primary N) is 1. The van der Waals surface area contributed by atoms with E-state index < -0.39 is 17.6 Å². The first-order chi connectivity index (χ1) is 9.27. The van der Waals surface area contributed by atoms with Crippen molar-refractivity contribution in [3.05, 3.63) is 51.3 Å². The van der Waals surface area contributed by atoms with Crippen molar-refractivity contribution in [2.75, 3.05) is 11.1 Å². The summed E-state index contributed by atoms with van der Waals surface area (Å²) in [6.07, 6.45) is -4.53. The average Bonchev–Trinajstić information content (AvgIpc) is 2.33. The van der Waals surface area contributed by atoms with Gasteiger partial charge in [0.1, 0.15) is 5.82 Å². The Labute approximate surface area is 126 Å². The lowest BCUT2D eigenvalue weighted by Gasteiger charge is -2.13. The van der Waals surface area contributed by atoms with E-state index in [0.29, 0.717) is 23.5 Å². The number of halogens is 5. The Balaban J connectivity index is 2.38. The molecule has 0 aliphatic carbocycles. The number of rotatable bonds is 2. The van der Waals surface area contributed by atoms with E-state index in [-0.39, 0.29) is 5.69 Å². The molecule has 3 N–H and O–H groups in total. The zero-order chi connectivity index (χ0) is 14.9. The van der Waals surface area contributed by atoms with Gasteiger partial charge in [0.25, 0.3) is 0 Å². The van der Waals surface area contributed by atoms with Crippen molar-refractivity contribution in [1.29, 1.82) is 0 Å². The van der Waals surface area contributed by atoms with Crippen LogP contribution in [0.2, 0.25) is 0 Å². The number of anilines is 3. The highest BCUT2D eigenvalue weighted by atomic mass is 127. The van der Waals surface area contributed by atoms with Gasteiger partial charge in [-0.05, 0) is 59.0 Å². The number of benzene rings is 2. The summed E-state index contributed by atoms with van der Waals surface area (Å²) >= 11 is 2.05. The molecule has 0 atom stereocenters. The smallest absolute Gasteiger partial charge is 0.397 e. The number of alkyl halides is 3. The highest BCUT2D eigenvalue weighted by Gasteiger charge is 2.31. The highest BCUT2D eigenvalue weighted by molar-refractivity contribution is 14.1. The summed E-state index contributed by atoms with van der Waals surface area (Å²) < 4.78 is 52.2. The third-order valence-electron chi connectivity index (χ3n) is 2.58. The summed E-state index contributed by atoms with van der Waals surface area (Å²) in [5.74, 6) is -0.782. The molecule has 0 saturated heterocycles. The van der Waals surface area contributed by atoms with E-state index in [1.165, 1.54) is 0 Å². The molecule has 7 heteroatoms. The van der Waals surface area contributed by atoms with E-state index in [1.807, 2.05) is 22.6 Å². The van der Waals surface area contributed by atoms with Crippen LogP contribution in [0.25, 0.3) is 0 Å². The number of hydrogen-bond acceptors (Lipinski definition) is 2. The number of nitrogen functional groups attached to an aromatic ring is 1. The van der Waals surface area contributed by atoms with Gasteiger partial charge in [-0.2, -0.15) is 13.2 Å². The molecule has 0 fully saturated rings. The molecule has 2 nitrogen and oxygen atoms in total. The van der Waals surface area contributed by atoms with Crippen molar-refractivity contribution in [3.63, 3.8) is 0 Å². The fourth-order valence-electron chi connectivity index (χ4n) is 1.59. The van der Waals surface area contributed by atoms with Crippen molar-refractivity contribution < 1.29 is 17.6 Å². The molecule has 0 saturated carbocycles. The first-order valence-corrected chi connectivity index (χ1v) is 6.54. The molecule has 0 heterocycles. The van der Waals surface area contributed by atoms with Crippen molar-refractivity contribution in [3.8, 4) is 0 Å². The van der Waals surface area contributed by atoms with E-state index in [2.05, 4.69) is 5.32 Å². The Bertz CT molecular complexity index is 641. The average molecular weight is 396 g/mol. The van der Waals surface area contributed by atoms with Crippen LogP contribution >= 0.6 is 22.6 Å². The minimum atomic E-state index is -4.53. The lowest BCUT2D eigenvalue weighted by atomic mass is 10.1. The second kappa shape index (κ2) is 5.47. The van der Waals surface area contributed by atoms with Gasteiger partial charge in [0.2, 0.25) is 0 Å². The van der Waals surface area contributed by atoms with Crippen LogP contribution in [-0.4, -0.2) is 0 Å². The maximum Gasteiger partial charge on any atom is 0.416 e. The van der Waals surface area contributed by atoms with Crippen LogP contribution in [0.3, 0.4) is 0 Å². The Hall–Kier alpha value is -1.51. The Morgan fingerprint density at radius 2 is 1.70 bits per heavy atom. The minimum Gasteiger partial charge on any atom is -0.397 e. The molecule has 106 valence electrons. The van der Waals surface area contributed by atoms with Gasteiger partial charge in [0, 0.05) is 3.57 Å².